The molecule has 1 heterocycles. The molecule has 1 aliphatic carbocycles. The highest BCUT2D eigenvalue weighted by molar-refractivity contribution is 5.72. The molecule has 0 aromatic rings. The van der Waals surface area contributed by atoms with Gasteiger partial charge in [-0.1, -0.05) is 50.5 Å². The molecule has 2 rings (SSSR count). The molecule has 0 spiro atoms. The van der Waals surface area contributed by atoms with Crippen molar-refractivity contribution in [3.8, 4) is 0 Å². The van der Waals surface area contributed by atoms with Crippen LogP contribution in [0.1, 0.15) is 77.6 Å². The van der Waals surface area contributed by atoms with Crippen LogP contribution in [0, 0.1) is 11.8 Å². The Morgan fingerprint density at radius 3 is 2.53 bits per heavy atom. The second-order valence-electron chi connectivity index (χ2n) is 9.03. The van der Waals surface area contributed by atoms with Gasteiger partial charge in [-0.15, -0.1) is 0 Å². The maximum Gasteiger partial charge on any atom is 0.332 e. The van der Waals surface area contributed by atoms with Crippen LogP contribution >= 0.6 is 0 Å². The van der Waals surface area contributed by atoms with Gasteiger partial charge >= 0.3 is 5.97 Å². The van der Waals surface area contributed by atoms with E-state index in [-0.39, 0.29) is 11.8 Å². The molecule has 0 aromatic carbocycles. The normalized spacial score (nSPS) is 32.1. The highest BCUT2D eigenvalue weighted by atomic mass is 16.7. The number of aliphatic hydroxyl groups is 3. The van der Waals surface area contributed by atoms with Crippen LogP contribution < -0.4 is 0 Å². The van der Waals surface area contributed by atoms with E-state index in [4.69, 9.17) is 9.47 Å². The molecule has 2 unspecified atom stereocenters. The first-order chi connectivity index (χ1) is 15.5. The molecule has 4 N–H and O–H groups in total. The Morgan fingerprint density at radius 2 is 1.84 bits per heavy atom. The van der Waals surface area contributed by atoms with Gasteiger partial charge < -0.3 is 29.9 Å². The molecule has 0 amide bonds. The highest BCUT2D eigenvalue weighted by Gasteiger charge is 2.46. The summed E-state index contributed by atoms with van der Waals surface area (Å²) in [7, 11) is 0. The number of aliphatic carboxylic acids is 1. The Labute approximate surface area is 192 Å². The van der Waals surface area contributed by atoms with Gasteiger partial charge in [-0.2, -0.15) is 0 Å². The number of hydrogen-bond donors (Lipinski definition) is 4. The van der Waals surface area contributed by atoms with Gasteiger partial charge in [-0.25, -0.2) is 4.79 Å². The molecule has 32 heavy (non-hydrogen) atoms. The summed E-state index contributed by atoms with van der Waals surface area (Å²) in [5.41, 5.74) is 0. The molecule has 184 valence electrons. The predicted octanol–water partition coefficient (Wildman–Crippen LogP) is 3.56. The first-order valence-corrected chi connectivity index (χ1v) is 12.3. The summed E-state index contributed by atoms with van der Waals surface area (Å²) in [6, 6.07) is 0. The molecule has 0 aromatic heterocycles. The molecule has 1 saturated carbocycles. The van der Waals surface area contributed by atoms with Crippen LogP contribution in [0.15, 0.2) is 24.3 Å². The predicted molar refractivity (Wildman–Crippen MR) is 122 cm³/mol. The van der Waals surface area contributed by atoms with Crippen molar-refractivity contribution >= 4 is 5.97 Å². The summed E-state index contributed by atoms with van der Waals surface area (Å²) in [5, 5.41) is 40.3. The van der Waals surface area contributed by atoms with E-state index in [9.17, 15) is 25.2 Å². The standard InChI is InChI=1S/C25H42O7/c1-2-3-4-5-6-8-13-18-19(23(27)24(28)22(18)26)14-9-7-10-15-20(25(29)30)32-21-16-11-12-17-31-21/h7-9,13,18-24,26-28H,2-6,10-12,14-17H2,1H3,(H,29,30)/t18-,19-,20?,21?,22+,23-,24+/m1/s1. The maximum atomic E-state index is 11.5. The molecule has 1 aliphatic heterocycles. The van der Waals surface area contributed by atoms with E-state index in [2.05, 4.69) is 6.92 Å². The number of hydrogen-bond acceptors (Lipinski definition) is 6. The number of unbranched alkanes of at least 4 members (excludes halogenated alkanes) is 4. The van der Waals surface area contributed by atoms with E-state index in [0.717, 1.165) is 32.1 Å². The van der Waals surface area contributed by atoms with Crippen molar-refractivity contribution in [2.45, 2.75) is 108 Å². The highest BCUT2D eigenvalue weighted by Crippen LogP contribution is 2.36. The minimum absolute atomic E-state index is 0.273. The Hall–Kier alpha value is -1.25. The van der Waals surface area contributed by atoms with Gasteiger partial charge in [0.1, 0.15) is 6.10 Å². The van der Waals surface area contributed by atoms with E-state index in [0.29, 0.717) is 25.9 Å². The van der Waals surface area contributed by atoms with Crippen molar-refractivity contribution in [1.82, 2.24) is 0 Å². The SMILES string of the molecule is CCCCCCC=C[C@H]1[C@H](O)[C@H](O)[C@H](O)[C@@H]1CC=CCCC(OC1CCCCO1)C(=O)O. The lowest BCUT2D eigenvalue weighted by atomic mass is 9.89. The van der Waals surface area contributed by atoms with Gasteiger partial charge in [0.25, 0.3) is 0 Å². The van der Waals surface area contributed by atoms with Crippen LogP contribution in [-0.2, 0) is 14.3 Å². The molecule has 7 heteroatoms. The second kappa shape index (κ2) is 14.8. The summed E-state index contributed by atoms with van der Waals surface area (Å²) < 4.78 is 11.1. The lowest BCUT2D eigenvalue weighted by Crippen LogP contribution is -2.32. The molecule has 0 radical (unpaired) electrons. The molecular formula is C25H42O7. The Morgan fingerprint density at radius 1 is 1.03 bits per heavy atom. The molecule has 2 fully saturated rings. The minimum atomic E-state index is -1.15. The van der Waals surface area contributed by atoms with Crippen LogP contribution in [0.2, 0.25) is 0 Å². The lowest BCUT2D eigenvalue weighted by Gasteiger charge is -2.25. The fourth-order valence-electron chi connectivity index (χ4n) is 4.53. The zero-order chi connectivity index (χ0) is 23.3. The quantitative estimate of drug-likeness (QED) is 0.234. The summed E-state index contributed by atoms with van der Waals surface area (Å²) in [6.07, 6.45) is 13.0. The number of carboxylic acids is 1. The zero-order valence-corrected chi connectivity index (χ0v) is 19.3. The van der Waals surface area contributed by atoms with E-state index in [1.54, 1.807) is 0 Å². The molecule has 0 bridgehead atoms. The molecule has 2 aliphatic rings. The van der Waals surface area contributed by atoms with Crippen LogP contribution in [0.4, 0.5) is 0 Å². The van der Waals surface area contributed by atoms with Crippen molar-refractivity contribution in [1.29, 1.82) is 0 Å². The van der Waals surface area contributed by atoms with E-state index < -0.39 is 36.7 Å². The van der Waals surface area contributed by atoms with Crippen molar-refractivity contribution in [3.05, 3.63) is 24.3 Å². The lowest BCUT2D eigenvalue weighted by molar-refractivity contribution is -0.201. The van der Waals surface area contributed by atoms with Crippen LogP contribution in [0.25, 0.3) is 0 Å². The largest absolute Gasteiger partial charge is 0.479 e. The first kappa shape index (κ1) is 27.0. The monoisotopic (exact) mass is 454 g/mol. The number of rotatable bonds is 14. The van der Waals surface area contributed by atoms with Crippen molar-refractivity contribution in [2.75, 3.05) is 6.61 Å². The third kappa shape index (κ3) is 8.60. The number of ether oxygens (including phenoxy) is 2. The summed E-state index contributed by atoms with van der Waals surface area (Å²) >= 11 is 0. The average Bonchev–Trinajstić information content (AvgIpc) is 2.99. The Kier molecular flexibility index (Phi) is 12.5. The number of carbonyl (C=O) groups is 1. The Balaban J connectivity index is 1.80. The van der Waals surface area contributed by atoms with Crippen molar-refractivity contribution in [3.63, 3.8) is 0 Å². The second-order valence-corrected chi connectivity index (χ2v) is 9.03. The molecule has 7 atom stereocenters. The zero-order valence-electron chi connectivity index (χ0n) is 19.3. The first-order valence-electron chi connectivity index (χ1n) is 12.3. The number of carboxylic acid groups (broad SMARTS) is 1. The van der Waals surface area contributed by atoms with Crippen LogP contribution in [0.3, 0.4) is 0 Å². The third-order valence-corrected chi connectivity index (χ3v) is 6.51. The maximum absolute atomic E-state index is 11.5. The molecule has 1 saturated heterocycles. The fraction of sp³-hybridized carbons (Fsp3) is 0.800. The van der Waals surface area contributed by atoms with E-state index in [1.807, 2.05) is 24.3 Å². The number of allylic oxidation sites excluding steroid dienone is 3. The van der Waals surface area contributed by atoms with Gasteiger partial charge in [-0.05, 0) is 57.3 Å². The number of aliphatic hydroxyl groups excluding tert-OH is 3. The van der Waals surface area contributed by atoms with Gasteiger partial charge in [0, 0.05) is 12.5 Å². The fourth-order valence-corrected chi connectivity index (χ4v) is 4.53. The molecule has 7 nitrogen and oxygen atoms in total. The summed E-state index contributed by atoms with van der Waals surface area (Å²) in [4.78, 5) is 11.5. The van der Waals surface area contributed by atoms with Gasteiger partial charge in [0.15, 0.2) is 12.4 Å². The van der Waals surface area contributed by atoms with E-state index in [1.165, 1.54) is 19.3 Å². The molecular weight excluding hydrogens is 412 g/mol. The average molecular weight is 455 g/mol. The minimum Gasteiger partial charge on any atom is -0.479 e. The van der Waals surface area contributed by atoms with Gasteiger partial charge in [0.2, 0.25) is 0 Å². The van der Waals surface area contributed by atoms with Crippen molar-refractivity contribution < 1.29 is 34.7 Å². The van der Waals surface area contributed by atoms with Gasteiger partial charge in [-0.3, -0.25) is 0 Å². The summed E-state index contributed by atoms with van der Waals surface area (Å²) in [6.45, 7) is 2.78. The third-order valence-electron chi connectivity index (χ3n) is 6.51. The van der Waals surface area contributed by atoms with Crippen molar-refractivity contribution in [2.24, 2.45) is 11.8 Å². The van der Waals surface area contributed by atoms with Gasteiger partial charge in [0.05, 0.1) is 12.2 Å². The Bertz CT molecular complexity index is 585. The van der Waals surface area contributed by atoms with Crippen LogP contribution in [0.5, 0.6) is 0 Å². The van der Waals surface area contributed by atoms with Crippen LogP contribution in [-0.4, -0.2) is 63.7 Å². The summed E-state index contributed by atoms with van der Waals surface area (Å²) in [5.74, 6) is -1.56. The smallest absolute Gasteiger partial charge is 0.332 e. The van der Waals surface area contributed by atoms with E-state index >= 15 is 0 Å². The topological polar surface area (TPSA) is 116 Å².